The minimum Gasteiger partial charge on any atom is -0.454 e. The van der Waals surface area contributed by atoms with Gasteiger partial charge in [0.05, 0.1) is 27.4 Å². The fourth-order valence-electron chi connectivity index (χ4n) is 5.32. The number of ether oxygens (including phenoxy) is 2. The molecule has 43 heavy (non-hydrogen) atoms. The van der Waals surface area contributed by atoms with Crippen molar-refractivity contribution in [3.63, 3.8) is 0 Å². The van der Waals surface area contributed by atoms with Crippen molar-refractivity contribution in [2.75, 3.05) is 29.3 Å². The van der Waals surface area contributed by atoms with Gasteiger partial charge in [0.25, 0.3) is 0 Å². The smallest absolute Gasteiger partial charge is 0.244 e. The lowest BCUT2D eigenvalue weighted by molar-refractivity contribution is -0.120. The van der Waals surface area contributed by atoms with Crippen molar-refractivity contribution in [3.8, 4) is 28.4 Å². The van der Waals surface area contributed by atoms with E-state index in [0.29, 0.717) is 39.4 Å². The molecule has 0 spiro atoms. The van der Waals surface area contributed by atoms with Crippen LogP contribution in [-0.2, 0) is 9.59 Å². The van der Waals surface area contributed by atoms with E-state index in [9.17, 15) is 9.59 Å². The third-order valence-corrected chi connectivity index (χ3v) is 8.85. The molecule has 214 valence electrons. The minimum atomic E-state index is -0.329. The summed E-state index contributed by atoms with van der Waals surface area (Å²) < 4.78 is 13.0. The van der Waals surface area contributed by atoms with E-state index in [1.165, 1.54) is 16.7 Å². The van der Waals surface area contributed by atoms with Gasteiger partial charge in [0.15, 0.2) is 11.5 Å². The second kappa shape index (κ2) is 11.5. The average Bonchev–Trinajstić information content (AvgIpc) is 3.63. The molecule has 0 fully saturated rings. The number of nitrogens with one attached hydrogen (secondary N) is 1. The maximum absolute atomic E-state index is 13.9. The number of carbonyl (C=O) groups excluding carboxylic acids is 2. The van der Waals surface area contributed by atoms with Crippen LogP contribution in [0.1, 0.15) is 16.4 Å². The molecule has 2 amide bonds. The Morgan fingerprint density at radius 2 is 1.65 bits per heavy atom. The Morgan fingerprint density at radius 1 is 0.930 bits per heavy atom. The molecule has 0 bridgehead atoms. The van der Waals surface area contributed by atoms with Crippen LogP contribution < -0.4 is 19.7 Å². The van der Waals surface area contributed by atoms with Crippen molar-refractivity contribution in [2.24, 2.45) is 0 Å². The van der Waals surface area contributed by atoms with Crippen molar-refractivity contribution < 1.29 is 19.1 Å². The predicted octanol–water partition coefficient (Wildman–Crippen LogP) is 6.73. The molecule has 4 aromatic carbocycles. The molecule has 7 rings (SSSR count). The molecule has 8 nitrogen and oxygen atoms in total. The number of rotatable bonds is 6. The second-order valence-corrected chi connectivity index (χ2v) is 11.5. The van der Waals surface area contributed by atoms with Crippen molar-refractivity contribution in [1.82, 2.24) is 9.78 Å². The predicted molar refractivity (Wildman–Crippen MR) is 168 cm³/mol. The highest BCUT2D eigenvalue weighted by Crippen LogP contribution is 2.50. The van der Waals surface area contributed by atoms with Crippen LogP contribution in [0.3, 0.4) is 0 Å². The van der Waals surface area contributed by atoms with Crippen LogP contribution in [0.25, 0.3) is 16.9 Å². The molecule has 10 heteroatoms. The van der Waals surface area contributed by atoms with Gasteiger partial charge in [-0.1, -0.05) is 78.3 Å². The number of halogens is 1. The minimum absolute atomic E-state index is 0.142. The third-order valence-electron chi connectivity index (χ3n) is 7.28. The first-order valence-electron chi connectivity index (χ1n) is 13.7. The van der Waals surface area contributed by atoms with Crippen molar-refractivity contribution in [1.29, 1.82) is 0 Å². The van der Waals surface area contributed by atoms with E-state index in [1.54, 1.807) is 22.9 Å². The summed E-state index contributed by atoms with van der Waals surface area (Å²) in [7, 11) is 0. The van der Waals surface area contributed by atoms with Crippen LogP contribution in [0.15, 0.2) is 103 Å². The Bertz CT molecular complexity index is 1830. The fourth-order valence-corrected chi connectivity index (χ4v) is 6.73. The molecule has 3 heterocycles. The molecule has 1 aromatic heterocycles. The number of amides is 2. The normalized spacial score (nSPS) is 15.6. The quantitative estimate of drug-likeness (QED) is 0.230. The van der Waals surface area contributed by atoms with Crippen LogP contribution >= 0.6 is 23.4 Å². The van der Waals surface area contributed by atoms with E-state index in [1.807, 2.05) is 84.9 Å². The summed E-state index contributed by atoms with van der Waals surface area (Å²) in [5.74, 6) is 1.41. The Morgan fingerprint density at radius 3 is 2.44 bits per heavy atom. The van der Waals surface area contributed by atoms with Gasteiger partial charge in [-0.25, -0.2) is 4.68 Å². The zero-order valence-corrected chi connectivity index (χ0v) is 24.3. The van der Waals surface area contributed by atoms with Crippen molar-refractivity contribution >= 4 is 46.7 Å². The van der Waals surface area contributed by atoms with Gasteiger partial charge in [-0.05, 0) is 42.0 Å². The summed E-state index contributed by atoms with van der Waals surface area (Å²) in [6, 6.07) is 32.2. The van der Waals surface area contributed by atoms with Crippen molar-refractivity contribution in [2.45, 2.75) is 5.25 Å². The molecule has 0 saturated heterocycles. The number of fused-ring (bicyclic) bond motifs is 2. The molecular weight excluding hydrogens is 584 g/mol. The molecule has 5 aromatic rings. The number of anilines is 2. The lowest BCUT2D eigenvalue weighted by atomic mass is 9.99. The summed E-state index contributed by atoms with van der Waals surface area (Å²) in [6.45, 7) is -0.0517. The van der Waals surface area contributed by atoms with Crippen LogP contribution in [0, 0.1) is 0 Å². The maximum Gasteiger partial charge on any atom is 0.244 e. The molecular formula is C33H25ClN4O4S. The summed E-state index contributed by atoms with van der Waals surface area (Å²) in [5, 5.41) is 8.16. The van der Waals surface area contributed by atoms with Gasteiger partial charge in [0.1, 0.15) is 12.4 Å². The molecule has 2 aliphatic heterocycles. The Balaban J connectivity index is 1.44. The SMILES string of the molecule is O=C(CN1C(=O)CS[C@H](c2ccc3c(c2)OCO3)c2c(-c3ccccc3)nn(-c3ccccc3Cl)c21)Nc1ccccc1. The van der Waals surface area contributed by atoms with Gasteiger partial charge in [0, 0.05) is 16.8 Å². The second-order valence-electron chi connectivity index (χ2n) is 10.0. The monoisotopic (exact) mass is 608 g/mol. The van der Waals surface area contributed by atoms with E-state index in [0.717, 1.165) is 16.7 Å². The van der Waals surface area contributed by atoms with Crippen LogP contribution in [0.5, 0.6) is 11.5 Å². The van der Waals surface area contributed by atoms with Gasteiger partial charge < -0.3 is 14.8 Å². The fraction of sp³-hybridized carbons (Fsp3) is 0.121. The molecule has 2 aliphatic rings. The molecule has 0 aliphatic carbocycles. The summed E-state index contributed by atoms with van der Waals surface area (Å²) in [6.07, 6.45) is 0. The van der Waals surface area contributed by atoms with E-state index in [-0.39, 0.29) is 36.2 Å². The lowest BCUT2D eigenvalue weighted by Gasteiger charge is -2.23. The van der Waals surface area contributed by atoms with Crippen LogP contribution in [0.4, 0.5) is 11.5 Å². The average molecular weight is 609 g/mol. The first-order valence-corrected chi connectivity index (χ1v) is 15.1. The summed E-state index contributed by atoms with van der Waals surface area (Å²) in [4.78, 5) is 28.9. The third kappa shape index (κ3) is 5.22. The number of benzene rings is 4. The largest absolute Gasteiger partial charge is 0.454 e. The van der Waals surface area contributed by atoms with Gasteiger partial charge >= 0.3 is 0 Å². The molecule has 0 saturated carbocycles. The summed E-state index contributed by atoms with van der Waals surface area (Å²) in [5.41, 5.74) is 4.53. The topological polar surface area (TPSA) is 85.7 Å². The molecule has 1 atom stereocenters. The van der Waals surface area contributed by atoms with E-state index in [2.05, 4.69) is 5.32 Å². The first-order chi connectivity index (χ1) is 21.1. The number of nitrogens with zero attached hydrogens (tertiary/aromatic N) is 3. The van der Waals surface area contributed by atoms with E-state index < -0.39 is 0 Å². The standard InChI is InChI=1S/C33H25ClN4O4S/c34-24-13-7-8-14-25(24)38-33-30(31(36-38)21-9-3-1-4-10-21)32(22-15-16-26-27(17-22)42-20-41-26)43-19-29(40)37(33)18-28(39)35-23-11-5-2-6-12-23/h1-17,32H,18-20H2,(H,35,39)/t32-/m1/s1. The number of carbonyl (C=O) groups is 2. The van der Waals surface area contributed by atoms with Gasteiger partial charge in [-0.2, -0.15) is 5.10 Å². The van der Waals surface area contributed by atoms with Crippen LogP contribution in [-0.4, -0.2) is 40.7 Å². The number of para-hydroxylation sites is 2. The Labute approximate surface area is 257 Å². The number of aromatic nitrogens is 2. The Hall–Kier alpha value is -4.73. The number of hydrogen-bond acceptors (Lipinski definition) is 6. The lowest BCUT2D eigenvalue weighted by Crippen LogP contribution is -2.40. The van der Waals surface area contributed by atoms with E-state index in [4.69, 9.17) is 26.2 Å². The Kier molecular flexibility index (Phi) is 7.26. The zero-order chi connectivity index (χ0) is 29.3. The first kappa shape index (κ1) is 27.1. The van der Waals surface area contributed by atoms with Crippen molar-refractivity contribution in [3.05, 3.63) is 119 Å². The van der Waals surface area contributed by atoms with Gasteiger partial charge in [-0.15, -0.1) is 11.8 Å². The van der Waals surface area contributed by atoms with Gasteiger partial charge in [-0.3, -0.25) is 14.5 Å². The summed E-state index contributed by atoms with van der Waals surface area (Å²) >= 11 is 8.22. The van der Waals surface area contributed by atoms with Crippen LogP contribution in [0.2, 0.25) is 5.02 Å². The number of hydrogen-bond donors (Lipinski definition) is 1. The number of thioether (sulfide) groups is 1. The maximum atomic E-state index is 13.9. The molecule has 0 radical (unpaired) electrons. The van der Waals surface area contributed by atoms with E-state index >= 15 is 0 Å². The van der Waals surface area contributed by atoms with Gasteiger partial charge in [0.2, 0.25) is 18.6 Å². The molecule has 0 unspecified atom stereocenters. The highest BCUT2D eigenvalue weighted by atomic mass is 35.5. The molecule has 1 N–H and O–H groups in total. The highest BCUT2D eigenvalue weighted by Gasteiger charge is 2.38. The highest BCUT2D eigenvalue weighted by molar-refractivity contribution is 8.00. The zero-order valence-electron chi connectivity index (χ0n) is 22.8.